The molecule has 1 N–H and O–H groups in total. The van der Waals surface area contributed by atoms with Gasteiger partial charge < -0.3 is 5.32 Å². The van der Waals surface area contributed by atoms with Crippen LogP contribution < -0.4 is 5.32 Å². The molecule has 2 aromatic carbocycles. The summed E-state index contributed by atoms with van der Waals surface area (Å²) in [6.45, 7) is 0. The highest BCUT2D eigenvalue weighted by Gasteiger charge is 2.26. The Bertz CT molecular complexity index is 999. The molecule has 9 heteroatoms. The van der Waals surface area contributed by atoms with Crippen LogP contribution in [0.3, 0.4) is 0 Å². The number of amides is 1. The van der Waals surface area contributed by atoms with Crippen LogP contribution in [0.1, 0.15) is 10.4 Å². The van der Waals surface area contributed by atoms with E-state index in [1.165, 1.54) is 23.5 Å². The van der Waals surface area contributed by atoms with Gasteiger partial charge in [-0.15, -0.1) is 11.3 Å². The molecule has 1 aromatic heterocycles. The lowest BCUT2D eigenvalue weighted by Crippen LogP contribution is -2.13. The molecule has 1 amide bonds. The van der Waals surface area contributed by atoms with Crippen LogP contribution in [0.4, 0.5) is 14.5 Å². The minimum absolute atomic E-state index is 0.303. The van der Waals surface area contributed by atoms with Gasteiger partial charge in [0.05, 0.1) is 20.6 Å². The summed E-state index contributed by atoms with van der Waals surface area (Å²) >= 11 is 1.40. The van der Waals surface area contributed by atoms with Crippen molar-refractivity contribution in [2.45, 2.75) is 10.7 Å². The van der Waals surface area contributed by atoms with Gasteiger partial charge in [-0.1, -0.05) is 0 Å². The molecule has 124 valence electrons. The fourth-order valence-electron chi connectivity index (χ4n) is 2.03. The van der Waals surface area contributed by atoms with Crippen LogP contribution in [0, 0.1) is 0 Å². The quantitative estimate of drug-likeness (QED) is 0.764. The zero-order chi connectivity index (χ0) is 17.3. The first-order chi connectivity index (χ1) is 11.4. The molecule has 0 aliphatic heterocycles. The monoisotopic (exact) mass is 368 g/mol. The van der Waals surface area contributed by atoms with Crippen LogP contribution in [-0.2, 0) is 9.84 Å². The predicted octanol–water partition coefficient (Wildman–Crippen LogP) is 3.54. The minimum atomic E-state index is -4.64. The Morgan fingerprint density at radius 1 is 1.12 bits per heavy atom. The van der Waals surface area contributed by atoms with E-state index >= 15 is 0 Å². The zero-order valence-electron chi connectivity index (χ0n) is 11.9. The molecule has 1 heterocycles. The zero-order valence-corrected chi connectivity index (χ0v) is 13.6. The number of fused-ring (bicyclic) bond motifs is 1. The van der Waals surface area contributed by atoms with Crippen LogP contribution in [0.25, 0.3) is 10.2 Å². The molecule has 0 unspecified atom stereocenters. The first-order valence-corrected chi connectivity index (χ1v) is 9.07. The molecule has 0 spiro atoms. The summed E-state index contributed by atoms with van der Waals surface area (Å²) in [4.78, 5) is 15.8. The van der Waals surface area contributed by atoms with Crippen molar-refractivity contribution in [3.05, 3.63) is 53.5 Å². The third-order valence-electron chi connectivity index (χ3n) is 3.27. The largest absolute Gasteiger partial charge is 0.341 e. The molecule has 0 aliphatic carbocycles. The number of thiazole rings is 1. The van der Waals surface area contributed by atoms with Crippen molar-refractivity contribution in [2.24, 2.45) is 0 Å². The second-order valence-electron chi connectivity index (χ2n) is 4.82. The summed E-state index contributed by atoms with van der Waals surface area (Å²) in [5, 5.41) is 2.59. The van der Waals surface area contributed by atoms with Gasteiger partial charge in [0.25, 0.3) is 5.91 Å². The number of benzene rings is 2. The SMILES string of the molecule is O=C(Nc1ccc(S(=O)(=O)C(F)F)cc1)c1ccc2ncsc2c1. The lowest BCUT2D eigenvalue weighted by atomic mass is 10.2. The summed E-state index contributed by atoms with van der Waals surface area (Å²) in [6.07, 6.45) is 0. The molecule has 0 saturated heterocycles. The molecule has 5 nitrogen and oxygen atoms in total. The topological polar surface area (TPSA) is 76.1 Å². The van der Waals surface area contributed by atoms with Gasteiger partial charge >= 0.3 is 5.76 Å². The molecule has 0 atom stereocenters. The summed E-state index contributed by atoms with van der Waals surface area (Å²) in [5.74, 6) is -3.88. The standard InChI is InChI=1S/C15H10F2N2O3S2/c16-15(17)24(21,22)11-4-2-10(3-5-11)19-14(20)9-1-6-12-13(7-9)23-8-18-12/h1-8,15H,(H,19,20). The van der Waals surface area contributed by atoms with Crippen LogP contribution in [0.5, 0.6) is 0 Å². The van der Waals surface area contributed by atoms with Crippen molar-refractivity contribution < 1.29 is 22.0 Å². The summed E-state index contributed by atoms with van der Waals surface area (Å²) in [6, 6.07) is 9.62. The van der Waals surface area contributed by atoms with Gasteiger partial charge in [0.2, 0.25) is 9.84 Å². The molecule has 0 fully saturated rings. The maximum atomic E-state index is 12.5. The van der Waals surface area contributed by atoms with Crippen molar-refractivity contribution in [3.8, 4) is 0 Å². The van der Waals surface area contributed by atoms with E-state index in [-0.39, 0.29) is 0 Å². The van der Waals surface area contributed by atoms with E-state index in [1.54, 1.807) is 23.7 Å². The Morgan fingerprint density at radius 3 is 2.50 bits per heavy atom. The number of halogens is 2. The van der Waals surface area contributed by atoms with Crippen LogP contribution >= 0.6 is 11.3 Å². The van der Waals surface area contributed by atoms with E-state index in [4.69, 9.17) is 0 Å². The first kappa shape index (κ1) is 16.5. The maximum absolute atomic E-state index is 12.5. The highest BCUT2D eigenvalue weighted by atomic mass is 32.2. The average Bonchev–Trinajstić information content (AvgIpc) is 3.02. The Morgan fingerprint density at radius 2 is 1.83 bits per heavy atom. The van der Waals surface area contributed by atoms with Gasteiger partial charge in [0.1, 0.15) is 0 Å². The molecule has 3 aromatic rings. The second-order valence-corrected chi connectivity index (χ2v) is 7.62. The average molecular weight is 368 g/mol. The number of sulfone groups is 1. The molecular weight excluding hydrogens is 358 g/mol. The number of hydrogen-bond donors (Lipinski definition) is 1. The smallest absolute Gasteiger partial charge is 0.322 e. The Kier molecular flexibility index (Phi) is 4.29. The number of anilines is 1. The summed E-state index contributed by atoms with van der Waals surface area (Å²) in [7, 11) is -4.64. The number of nitrogens with one attached hydrogen (secondary N) is 1. The van der Waals surface area contributed by atoms with Gasteiger partial charge in [-0.3, -0.25) is 4.79 Å². The van der Waals surface area contributed by atoms with E-state index in [1.807, 2.05) is 0 Å². The number of nitrogens with zero attached hydrogens (tertiary/aromatic N) is 1. The number of alkyl halides is 2. The fourth-order valence-corrected chi connectivity index (χ4v) is 3.47. The van der Waals surface area contributed by atoms with Crippen molar-refractivity contribution in [3.63, 3.8) is 0 Å². The Hall–Kier alpha value is -2.39. The summed E-state index contributed by atoms with van der Waals surface area (Å²) in [5.41, 5.74) is 3.18. The first-order valence-electron chi connectivity index (χ1n) is 6.64. The van der Waals surface area contributed by atoms with Gasteiger partial charge in [0.15, 0.2) is 0 Å². The van der Waals surface area contributed by atoms with Gasteiger partial charge in [0, 0.05) is 11.3 Å². The van der Waals surface area contributed by atoms with E-state index < -0.39 is 26.4 Å². The van der Waals surface area contributed by atoms with Gasteiger partial charge in [-0.2, -0.15) is 8.78 Å². The van der Waals surface area contributed by atoms with E-state index in [2.05, 4.69) is 10.3 Å². The van der Waals surface area contributed by atoms with Gasteiger partial charge in [-0.05, 0) is 42.5 Å². The van der Waals surface area contributed by atoms with Crippen LogP contribution in [-0.4, -0.2) is 25.1 Å². The highest BCUT2D eigenvalue weighted by molar-refractivity contribution is 7.91. The normalized spacial score (nSPS) is 11.8. The molecule has 0 aliphatic rings. The summed E-state index contributed by atoms with van der Waals surface area (Å²) < 4.78 is 48.5. The third kappa shape index (κ3) is 3.13. The van der Waals surface area contributed by atoms with Crippen LogP contribution in [0.15, 0.2) is 52.9 Å². The van der Waals surface area contributed by atoms with Crippen molar-refractivity contribution in [1.29, 1.82) is 0 Å². The Labute approximate surface area is 139 Å². The predicted molar refractivity (Wildman–Crippen MR) is 87.2 cm³/mol. The molecule has 0 radical (unpaired) electrons. The molecule has 0 saturated carbocycles. The molecule has 24 heavy (non-hydrogen) atoms. The number of carbonyl (C=O) groups excluding carboxylic acids is 1. The van der Waals surface area contributed by atoms with E-state index in [0.717, 1.165) is 22.3 Å². The van der Waals surface area contributed by atoms with Crippen molar-refractivity contribution >= 4 is 43.0 Å². The van der Waals surface area contributed by atoms with Crippen LogP contribution in [0.2, 0.25) is 0 Å². The number of aromatic nitrogens is 1. The third-order valence-corrected chi connectivity index (χ3v) is 5.46. The highest BCUT2D eigenvalue weighted by Crippen LogP contribution is 2.22. The minimum Gasteiger partial charge on any atom is -0.322 e. The van der Waals surface area contributed by atoms with Crippen molar-refractivity contribution in [1.82, 2.24) is 4.98 Å². The molecule has 3 rings (SSSR count). The van der Waals surface area contributed by atoms with Crippen molar-refractivity contribution in [2.75, 3.05) is 5.32 Å². The van der Waals surface area contributed by atoms with E-state index in [0.29, 0.717) is 11.3 Å². The number of carbonyl (C=O) groups is 1. The second kappa shape index (κ2) is 6.25. The number of hydrogen-bond acceptors (Lipinski definition) is 5. The lowest BCUT2D eigenvalue weighted by molar-refractivity contribution is 0.102. The number of rotatable bonds is 4. The molecule has 0 bridgehead atoms. The lowest BCUT2D eigenvalue weighted by Gasteiger charge is -2.07. The Balaban J connectivity index is 1.79. The van der Waals surface area contributed by atoms with Gasteiger partial charge in [-0.25, -0.2) is 13.4 Å². The van der Waals surface area contributed by atoms with E-state index in [9.17, 15) is 22.0 Å². The molecular formula is C15H10F2N2O3S2. The fraction of sp³-hybridized carbons (Fsp3) is 0.0667. The maximum Gasteiger partial charge on any atom is 0.341 e.